The third-order valence-electron chi connectivity index (χ3n) is 5.77. The Morgan fingerprint density at radius 3 is 2.62 bits per heavy atom. The lowest BCUT2D eigenvalue weighted by Gasteiger charge is -2.14. The van der Waals surface area contributed by atoms with E-state index in [1.54, 1.807) is 12.5 Å². The molecule has 146 valence electrons. The van der Waals surface area contributed by atoms with Crippen LogP contribution >= 0.6 is 11.6 Å². The van der Waals surface area contributed by atoms with Gasteiger partial charge in [0, 0.05) is 23.5 Å². The molecule has 0 unspecified atom stereocenters. The molecule has 1 aliphatic rings. The predicted octanol–water partition coefficient (Wildman–Crippen LogP) is 4.94. The first-order valence-electron chi connectivity index (χ1n) is 9.97. The zero-order chi connectivity index (χ0) is 19.8. The van der Waals surface area contributed by atoms with Gasteiger partial charge in [0.2, 0.25) is 0 Å². The summed E-state index contributed by atoms with van der Waals surface area (Å²) >= 11 is 6.52. The fraction of sp³-hybridized carbons (Fsp3) is 0.261. The first kappa shape index (κ1) is 18.1. The number of aromatic nitrogens is 4. The summed E-state index contributed by atoms with van der Waals surface area (Å²) in [5, 5.41) is 5.53. The normalized spacial score (nSPS) is 14.7. The summed E-state index contributed by atoms with van der Waals surface area (Å²) in [4.78, 5) is 17.6. The van der Waals surface area contributed by atoms with Crippen molar-refractivity contribution in [3.05, 3.63) is 87.7 Å². The molecule has 1 saturated carbocycles. The average molecular weight is 405 g/mol. The molecule has 5 nitrogen and oxygen atoms in total. The van der Waals surface area contributed by atoms with Crippen LogP contribution in [0.1, 0.15) is 42.9 Å². The summed E-state index contributed by atoms with van der Waals surface area (Å²) in [5.74, 6) is 0. The van der Waals surface area contributed by atoms with Crippen LogP contribution in [0.2, 0.25) is 5.02 Å². The zero-order valence-electron chi connectivity index (χ0n) is 16.0. The maximum absolute atomic E-state index is 13.1. The second kappa shape index (κ2) is 7.48. The summed E-state index contributed by atoms with van der Waals surface area (Å²) in [5.41, 5.74) is 3.77. The van der Waals surface area contributed by atoms with Gasteiger partial charge in [0.15, 0.2) is 0 Å². The van der Waals surface area contributed by atoms with E-state index in [0.29, 0.717) is 22.3 Å². The van der Waals surface area contributed by atoms with Gasteiger partial charge in [0.1, 0.15) is 0 Å². The Bertz CT molecular complexity index is 1210. The SMILES string of the molecule is O=c1c2cc(Cc3ccc(-n4cccn4)cc3)c(Cl)cc2ncn1C1CCCC1. The minimum Gasteiger partial charge on any atom is -0.296 e. The molecule has 0 saturated heterocycles. The van der Waals surface area contributed by atoms with E-state index in [1.807, 2.05) is 45.8 Å². The molecular formula is C23H21ClN4O. The topological polar surface area (TPSA) is 52.7 Å². The van der Waals surface area contributed by atoms with E-state index in [2.05, 4.69) is 22.2 Å². The van der Waals surface area contributed by atoms with Crippen molar-refractivity contribution in [2.45, 2.75) is 38.1 Å². The third kappa shape index (κ3) is 3.47. The Morgan fingerprint density at radius 2 is 1.90 bits per heavy atom. The number of hydrogen-bond acceptors (Lipinski definition) is 3. The van der Waals surface area contributed by atoms with Gasteiger partial charge in [0.05, 0.1) is 22.9 Å². The smallest absolute Gasteiger partial charge is 0.261 e. The van der Waals surface area contributed by atoms with Gasteiger partial charge in [-0.15, -0.1) is 0 Å². The van der Waals surface area contributed by atoms with Crippen LogP contribution in [-0.2, 0) is 6.42 Å². The number of nitrogens with zero attached hydrogens (tertiary/aromatic N) is 4. The molecule has 0 bridgehead atoms. The first-order valence-corrected chi connectivity index (χ1v) is 10.3. The van der Waals surface area contributed by atoms with Crippen LogP contribution in [0.4, 0.5) is 0 Å². The lowest BCUT2D eigenvalue weighted by Crippen LogP contribution is -2.23. The van der Waals surface area contributed by atoms with E-state index < -0.39 is 0 Å². The molecule has 1 aliphatic carbocycles. The summed E-state index contributed by atoms with van der Waals surface area (Å²) in [7, 11) is 0. The molecule has 0 amide bonds. The summed E-state index contributed by atoms with van der Waals surface area (Å²) in [6, 6.07) is 14.1. The number of rotatable bonds is 4. The molecule has 0 N–H and O–H groups in total. The van der Waals surface area contributed by atoms with Gasteiger partial charge in [-0.25, -0.2) is 9.67 Å². The second-order valence-corrected chi connectivity index (χ2v) is 8.06. The van der Waals surface area contributed by atoms with Crippen LogP contribution in [0, 0.1) is 0 Å². The van der Waals surface area contributed by atoms with Crippen molar-refractivity contribution in [2.75, 3.05) is 0 Å². The lowest BCUT2D eigenvalue weighted by atomic mass is 10.0. The first-order chi connectivity index (χ1) is 14.2. The molecular weight excluding hydrogens is 384 g/mol. The molecule has 0 spiro atoms. The van der Waals surface area contributed by atoms with Crippen LogP contribution in [-0.4, -0.2) is 19.3 Å². The zero-order valence-corrected chi connectivity index (χ0v) is 16.7. The van der Waals surface area contributed by atoms with Crippen LogP contribution in [0.15, 0.2) is 66.0 Å². The van der Waals surface area contributed by atoms with E-state index in [0.717, 1.165) is 29.7 Å². The van der Waals surface area contributed by atoms with Crippen LogP contribution in [0.5, 0.6) is 0 Å². The van der Waals surface area contributed by atoms with Crippen molar-refractivity contribution in [1.82, 2.24) is 19.3 Å². The van der Waals surface area contributed by atoms with Crippen molar-refractivity contribution >= 4 is 22.5 Å². The van der Waals surface area contributed by atoms with Crippen LogP contribution in [0.25, 0.3) is 16.6 Å². The van der Waals surface area contributed by atoms with Crippen molar-refractivity contribution in [3.63, 3.8) is 0 Å². The van der Waals surface area contributed by atoms with Gasteiger partial charge in [0.25, 0.3) is 5.56 Å². The second-order valence-electron chi connectivity index (χ2n) is 7.65. The average Bonchev–Trinajstić information content (AvgIpc) is 3.44. The van der Waals surface area contributed by atoms with Crippen molar-refractivity contribution < 1.29 is 0 Å². The molecule has 0 aliphatic heterocycles. The van der Waals surface area contributed by atoms with Gasteiger partial charge < -0.3 is 0 Å². The summed E-state index contributed by atoms with van der Waals surface area (Å²) in [6.07, 6.45) is 10.5. The Hall–Kier alpha value is -2.92. The standard InChI is InChI=1S/C23H21ClN4O/c24-21-14-22-20(23(29)27(15-25-22)18-4-1-2-5-18)13-17(21)12-16-6-8-19(9-7-16)28-11-3-10-26-28/h3,6-11,13-15,18H,1-2,4-5,12H2. The van der Waals surface area contributed by atoms with E-state index in [-0.39, 0.29) is 11.6 Å². The van der Waals surface area contributed by atoms with Crippen molar-refractivity contribution in [2.24, 2.45) is 0 Å². The van der Waals surface area contributed by atoms with E-state index in [9.17, 15) is 4.79 Å². The van der Waals surface area contributed by atoms with E-state index in [1.165, 1.54) is 12.8 Å². The number of halogens is 1. The molecule has 5 rings (SSSR count). The highest BCUT2D eigenvalue weighted by molar-refractivity contribution is 6.32. The molecule has 2 aromatic carbocycles. The van der Waals surface area contributed by atoms with Gasteiger partial charge in [-0.3, -0.25) is 9.36 Å². The van der Waals surface area contributed by atoms with Crippen molar-refractivity contribution in [1.29, 1.82) is 0 Å². The van der Waals surface area contributed by atoms with Crippen molar-refractivity contribution in [3.8, 4) is 5.69 Å². The molecule has 0 atom stereocenters. The van der Waals surface area contributed by atoms with Gasteiger partial charge >= 0.3 is 0 Å². The van der Waals surface area contributed by atoms with E-state index >= 15 is 0 Å². The van der Waals surface area contributed by atoms with E-state index in [4.69, 9.17) is 11.6 Å². The monoisotopic (exact) mass is 404 g/mol. The fourth-order valence-corrected chi connectivity index (χ4v) is 4.41. The highest BCUT2D eigenvalue weighted by Gasteiger charge is 2.19. The Balaban J connectivity index is 1.48. The third-order valence-corrected chi connectivity index (χ3v) is 6.12. The molecule has 0 radical (unpaired) electrons. The number of benzene rings is 2. The molecule has 2 heterocycles. The van der Waals surface area contributed by atoms with Crippen LogP contribution < -0.4 is 5.56 Å². The highest BCUT2D eigenvalue weighted by Crippen LogP contribution is 2.29. The molecule has 2 aromatic heterocycles. The summed E-state index contributed by atoms with van der Waals surface area (Å²) < 4.78 is 3.63. The predicted molar refractivity (Wildman–Crippen MR) is 115 cm³/mol. The maximum Gasteiger partial charge on any atom is 0.261 e. The minimum absolute atomic E-state index is 0.0360. The van der Waals surface area contributed by atoms with Gasteiger partial charge in [-0.05, 0) is 60.7 Å². The Labute approximate surface area is 173 Å². The summed E-state index contributed by atoms with van der Waals surface area (Å²) in [6.45, 7) is 0. The molecule has 29 heavy (non-hydrogen) atoms. The molecule has 4 aromatic rings. The Kier molecular flexibility index (Phi) is 4.68. The number of hydrogen-bond donors (Lipinski definition) is 0. The lowest BCUT2D eigenvalue weighted by molar-refractivity contribution is 0.499. The highest BCUT2D eigenvalue weighted by atomic mass is 35.5. The number of fused-ring (bicyclic) bond motifs is 1. The minimum atomic E-state index is 0.0360. The maximum atomic E-state index is 13.1. The quantitative estimate of drug-likeness (QED) is 0.484. The van der Waals surface area contributed by atoms with Gasteiger partial charge in [-0.1, -0.05) is 36.6 Å². The largest absolute Gasteiger partial charge is 0.296 e. The molecule has 6 heteroatoms. The fourth-order valence-electron chi connectivity index (χ4n) is 4.19. The van der Waals surface area contributed by atoms with Gasteiger partial charge in [-0.2, -0.15) is 5.10 Å². The molecule has 1 fully saturated rings. The Morgan fingerprint density at radius 1 is 1.10 bits per heavy atom. The van der Waals surface area contributed by atoms with Crippen LogP contribution in [0.3, 0.4) is 0 Å².